The number of hydrogen-bond donors (Lipinski definition) is 1. The van der Waals surface area contributed by atoms with E-state index in [1.165, 1.54) is 12.8 Å². The van der Waals surface area contributed by atoms with Crippen LogP contribution in [0.3, 0.4) is 0 Å². The Hall–Kier alpha value is -0.900. The van der Waals surface area contributed by atoms with Crippen molar-refractivity contribution in [3.8, 4) is 0 Å². The third-order valence-electron chi connectivity index (χ3n) is 3.42. The van der Waals surface area contributed by atoms with Gasteiger partial charge in [-0.2, -0.15) is 4.98 Å². The Balaban J connectivity index is 2.19. The quantitative estimate of drug-likeness (QED) is 0.829. The van der Waals surface area contributed by atoms with Crippen molar-refractivity contribution in [1.82, 2.24) is 10.1 Å². The molecule has 4 heteroatoms. The standard InChI is InChI=1S/C11H19N3O/c1-3-8(2)9-13-10(14-15-9)11(12)6-4-5-7-11/h8H,3-7,12H2,1-2H3. The first-order chi connectivity index (χ1) is 7.15. The second-order valence-corrected chi connectivity index (χ2v) is 4.63. The van der Waals surface area contributed by atoms with Crippen molar-refractivity contribution >= 4 is 0 Å². The van der Waals surface area contributed by atoms with Crippen LogP contribution in [0.2, 0.25) is 0 Å². The van der Waals surface area contributed by atoms with E-state index in [9.17, 15) is 0 Å². The lowest BCUT2D eigenvalue weighted by Gasteiger charge is -2.17. The smallest absolute Gasteiger partial charge is 0.229 e. The number of rotatable bonds is 3. The summed E-state index contributed by atoms with van der Waals surface area (Å²) in [4.78, 5) is 4.43. The maximum atomic E-state index is 6.25. The average molecular weight is 209 g/mol. The summed E-state index contributed by atoms with van der Waals surface area (Å²) in [6.45, 7) is 4.21. The summed E-state index contributed by atoms with van der Waals surface area (Å²) >= 11 is 0. The molecule has 1 aliphatic carbocycles. The molecule has 1 saturated carbocycles. The normalized spacial score (nSPS) is 21.8. The van der Waals surface area contributed by atoms with Crippen LogP contribution in [0.5, 0.6) is 0 Å². The third kappa shape index (κ3) is 1.91. The van der Waals surface area contributed by atoms with Crippen LogP contribution in [0.25, 0.3) is 0 Å². The van der Waals surface area contributed by atoms with Gasteiger partial charge in [-0.15, -0.1) is 0 Å². The van der Waals surface area contributed by atoms with E-state index >= 15 is 0 Å². The van der Waals surface area contributed by atoms with Gasteiger partial charge in [-0.3, -0.25) is 0 Å². The highest BCUT2D eigenvalue weighted by Gasteiger charge is 2.36. The summed E-state index contributed by atoms with van der Waals surface area (Å²) in [6.07, 6.45) is 5.31. The molecule has 1 heterocycles. The summed E-state index contributed by atoms with van der Waals surface area (Å²) in [7, 11) is 0. The lowest BCUT2D eigenvalue weighted by Crippen LogP contribution is -2.34. The molecule has 84 valence electrons. The zero-order valence-corrected chi connectivity index (χ0v) is 9.49. The zero-order chi connectivity index (χ0) is 10.9. The summed E-state index contributed by atoms with van der Waals surface area (Å²) in [5, 5.41) is 4.03. The van der Waals surface area contributed by atoms with Gasteiger partial charge in [0.15, 0.2) is 5.82 Å². The summed E-state index contributed by atoms with van der Waals surface area (Å²) in [5.41, 5.74) is 5.93. The number of nitrogens with zero attached hydrogens (tertiary/aromatic N) is 2. The Morgan fingerprint density at radius 3 is 2.73 bits per heavy atom. The Labute approximate surface area is 90.2 Å². The molecule has 1 atom stereocenters. The van der Waals surface area contributed by atoms with Gasteiger partial charge in [0.2, 0.25) is 5.89 Å². The monoisotopic (exact) mass is 209 g/mol. The molecule has 0 spiro atoms. The Kier molecular flexibility index (Phi) is 2.78. The fourth-order valence-electron chi connectivity index (χ4n) is 2.04. The van der Waals surface area contributed by atoms with Gasteiger partial charge in [0.25, 0.3) is 0 Å². The first-order valence-electron chi connectivity index (χ1n) is 5.78. The zero-order valence-electron chi connectivity index (χ0n) is 9.49. The second kappa shape index (κ2) is 3.93. The van der Waals surface area contributed by atoms with E-state index in [0.29, 0.717) is 11.7 Å². The molecule has 1 aromatic heterocycles. The molecular weight excluding hydrogens is 190 g/mol. The Morgan fingerprint density at radius 2 is 2.13 bits per heavy atom. The van der Waals surface area contributed by atoms with Gasteiger partial charge in [-0.1, -0.05) is 31.8 Å². The predicted octanol–water partition coefficient (Wildman–Crippen LogP) is 2.31. The third-order valence-corrected chi connectivity index (χ3v) is 3.42. The van der Waals surface area contributed by atoms with Crippen molar-refractivity contribution < 1.29 is 4.52 Å². The van der Waals surface area contributed by atoms with Crippen molar-refractivity contribution in [2.45, 2.75) is 57.4 Å². The van der Waals surface area contributed by atoms with Crippen molar-refractivity contribution in [3.05, 3.63) is 11.7 Å². The Morgan fingerprint density at radius 1 is 1.47 bits per heavy atom. The molecule has 2 N–H and O–H groups in total. The fourth-order valence-corrected chi connectivity index (χ4v) is 2.04. The van der Waals surface area contributed by atoms with Gasteiger partial charge in [0.1, 0.15) is 0 Å². The van der Waals surface area contributed by atoms with Crippen LogP contribution >= 0.6 is 0 Å². The van der Waals surface area contributed by atoms with Gasteiger partial charge >= 0.3 is 0 Å². The highest BCUT2D eigenvalue weighted by Crippen LogP contribution is 2.35. The van der Waals surface area contributed by atoms with Gasteiger partial charge in [-0.25, -0.2) is 0 Å². The van der Waals surface area contributed by atoms with E-state index in [2.05, 4.69) is 24.0 Å². The molecule has 2 rings (SSSR count). The van der Waals surface area contributed by atoms with E-state index in [4.69, 9.17) is 10.3 Å². The molecule has 0 radical (unpaired) electrons. The first-order valence-corrected chi connectivity index (χ1v) is 5.78. The number of aromatic nitrogens is 2. The lowest BCUT2D eigenvalue weighted by atomic mass is 9.98. The molecular formula is C11H19N3O. The van der Waals surface area contributed by atoms with E-state index in [0.717, 1.165) is 25.2 Å². The molecule has 15 heavy (non-hydrogen) atoms. The maximum Gasteiger partial charge on any atom is 0.229 e. The molecule has 1 fully saturated rings. The van der Waals surface area contributed by atoms with Gasteiger partial charge < -0.3 is 10.3 Å². The molecule has 0 aliphatic heterocycles. The van der Waals surface area contributed by atoms with Crippen LogP contribution in [-0.2, 0) is 5.54 Å². The topological polar surface area (TPSA) is 64.9 Å². The predicted molar refractivity (Wildman–Crippen MR) is 57.3 cm³/mol. The van der Waals surface area contributed by atoms with Gasteiger partial charge in [0, 0.05) is 5.92 Å². The summed E-state index contributed by atoms with van der Waals surface area (Å²) in [5.74, 6) is 1.76. The first kappa shape index (κ1) is 10.6. The number of nitrogens with two attached hydrogens (primary N) is 1. The number of hydrogen-bond acceptors (Lipinski definition) is 4. The van der Waals surface area contributed by atoms with Gasteiger partial charge in [-0.05, 0) is 19.3 Å². The van der Waals surface area contributed by atoms with Gasteiger partial charge in [0.05, 0.1) is 5.54 Å². The lowest BCUT2D eigenvalue weighted by molar-refractivity contribution is 0.335. The van der Waals surface area contributed by atoms with E-state index in [-0.39, 0.29) is 5.54 Å². The van der Waals surface area contributed by atoms with Crippen LogP contribution in [0.15, 0.2) is 4.52 Å². The maximum absolute atomic E-state index is 6.25. The average Bonchev–Trinajstić information content (AvgIpc) is 2.85. The molecule has 1 aliphatic rings. The largest absolute Gasteiger partial charge is 0.339 e. The SMILES string of the molecule is CCC(C)c1nc(C2(N)CCCC2)no1. The highest BCUT2D eigenvalue weighted by molar-refractivity contribution is 5.07. The molecule has 1 aromatic rings. The van der Waals surface area contributed by atoms with E-state index in [1.807, 2.05) is 0 Å². The molecule has 4 nitrogen and oxygen atoms in total. The van der Waals surface area contributed by atoms with Crippen LogP contribution in [0.4, 0.5) is 0 Å². The Bertz CT molecular complexity index is 328. The minimum absolute atomic E-state index is 0.324. The van der Waals surface area contributed by atoms with Crippen LogP contribution < -0.4 is 5.73 Å². The molecule has 1 unspecified atom stereocenters. The van der Waals surface area contributed by atoms with Crippen molar-refractivity contribution in [2.75, 3.05) is 0 Å². The van der Waals surface area contributed by atoms with E-state index < -0.39 is 0 Å². The molecule has 0 bridgehead atoms. The minimum Gasteiger partial charge on any atom is -0.339 e. The van der Waals surface area contributed by atoms with E-state index in [1.54, 1.807) is 0 Å². The fraction of sp³-hybridized carbons (Fsp3) is 0.818. The highest BCUT2D eigenvalue weighted by atomic mass is 16.5. The summed E-state index contributed by atoms with van der Waals surface area (Å²) in [6, 6.07) is 0. The second-order valence-electron chi connectivity index (χ2n) is 4.63. The summed E-state index contributed by atoms with van der Waals surface area (Å²) < 4.78 is 5.25. The molecule has 0 amide bonds. The van der Waals surface area contributed by atoms with Crippen LogP contribution in [0, 0.1) is 0 Å². The van der Waals surface area contributed by atoms with Crippen LogP contribution in [-0.4, -0.2) is 10.1 Å². The molecule has 0 saturated heterocycles. The van der Waals surface area contributed by atoms with Crippen molar-refractivity contribution in [2.24, 2.45) is 5.73 Å². The van der Waals surface area contributed by atoms with Crippen molar-refractivity contribution in [1.29, 1.82) is 0 Å². The van der Waals surface area contributed by atoms with Crippen LogP contribution in [0.1, 0.15) is 63.6 Å². The minimum atomic E-state index is -0.324. The van der Waals surface area contributed by atoms with Crippen molar-refractivity contribution in [3.63, 3.8) is 0 Å². The molecule has 0 aromatic carbocycles.